The van der Waals surface area contributed by atoms with E-state index in [0.29, 0.717) is 17.5 Å². The van der Waals surface area contributed by atoms with Crippen LogP contribution in [0.2, 0.25) is 0 Å². The maximum absolute atomic E-state index is 6.51. The third kappa shape index (κ3) is 4.05. The summed E-state index contributed by atoms with van der Waals surface area (Å²) in [6.07, 6.45) is 0. The van der Waals surface area contributed by atoms with E-state index in [4.69, 9.17) is 19.4 Å². The molecule has 0 saturated heterocycles. The van der Waals surface area contributed by atoms with Crippen molar-refractivity contribution < 1.29 is 4.42 Å². The lowest BCUT2D eigenvalue weighted by atomic mass is 9.96. The molecule has 0 N–H and O–H groups in total. The van der Waals surface area contributed by atoms with E-state index in [1.807, 2.05) is 60.7 Å². The van der Waals surface area contributed by atoms with E-state index in [9.17, 15) is 0 Å². The van der Waals surface area contributed by atoms with Gasteiger partial charge in [-0.15, -0.1) is 0 Å². The molecule has 4 nitrogen and oxygen atoms in total. The van der Waals surface area contributed by atoms with Gasteiger partial charge in [-0.2, -0.15) is 0 Å². The summed E-state index contributed by atoms with van der Waals surface area (Å²) < 4.78 is 6.51. The van der Waals surface area contributed by atoms with Gasteiger partial charge >= 0.3 is 0 Å². The molecule has 0 amide bonds. The van der Waals surface area contributed by atoms with Crippen molar-refractivity contribution in [1.29, 1.82) is 0 Å². The third-order valence-electron chi connectivity index (χ3n) is 9.27. The van der Waals surface area contributed by atoms with Crippen molar-refractivity contribution in [3.05, 3.63) is 152 Å². The maximum atomic E-state index is 6.51. The number of furan rings is 1. The van der Waals surface area contributed by atoms with Crippen LogP contribution in [0.1, 0.15) is 0 Å². The molecule has 2 aromatic heterocycles. The summed E-state index contributed by atoms with van der Waals surface area (Å²) in [4.78, 5) is 14.7. The molecule has 9 aromatic rings. The van der Waals surface area contributed by atoms with Gasteiger partial charge in [0.25, 0.3) is 0 Å². The molecule has 10 rings (SSSR count). The van der Waals surface area contributed by atoms with Gasteiger partial charge in [-0.05, 0) is 62.4 Å². The van der Waals surface area contributed by atoms with Gasteiger partial charge in [0.05, 0.1) is 0 Å². The highest BCUT2D eigenvalue weighted by molar-refractivity contribution is 6.20. The number of hydrogen-bond donors (Lipinski definition) is 0. The third-order valence-corrected chi connectivity index (χ3v) is 9.27. The van der Waals surface area contributed by atoms with Crippen LogP contribution in [0.3, 0.4) is 0 Å². The van der Waals surface area contributed by atoms with E-state index >= 15 is 0 Å². The van der Waals surface area contributed by atoms with Crippen molar-refractivity contribution >= 4 is 32.7 Å². The summed E-state index contributed by atoms with van der Waals surface area (Å²) in [5, 5.41) is 4.84. The van der Waals surface area contributed by atoms with Crippen LogP contribution in [0.5, 0.6) is 0 Å². The van der Waals surface area contributed by atoms with Crippen LogP contribution >= 0.6 is 0 Å². The minimum absolute atomic E-state index is 0.639. The number of aromatic nitrogens is 3. The quantitative estimate of drug-likeness (QED) is 0.202. The van der Waals surface area contributed by atoms with Crippen molar-refractivity contribution in [2.24, 2.45) is 0 Å². The van der Waals surface area contributed by atoms with E-state index in [-0.39, 0.29) is 0 Å². The normalized spacial score (nSPS) is 11.8. The van der Waals surface area contributed by atoms with Gasteiger partial charge in [0.15, 0.2) is 17.5 Å². The van der Waals surface area contributed by atoms with E-state index in [1.165, 1.54) is 33.0 Å². The van der Waals surface area contributed by atoms with Crippen LogP contribution in [0.25, 0.3) is 100 Å². The van der Waals surface area contributed by atoms with Crippen molar-refractivity contribution in [3.63, 3.8) is 0 Å². The Bertz CT molecular complexity index is 2600. The Morgan fingerprint density at radius 2 is 0.851 bits per heavy atom. The zero-order valence-electron chi connectivity index (χ0n) is 25.2. The molecule has 0 aliphatic heterocycles. The molecule has 47 heavy (non-hydrogen) atoms. The molecule has 0 bridgehead atoms. The molecule has 0 atom stereocenters. The van der Waals surface area contributed by atoms with Crippen LogP contribution in [0.4, 0.5) is 0 Å². The number of rotatable bonds is 4. The van der Waals surface area contributed by atoms with Gasteiger partial charge in [-0.25, -0.2) is 15.0 Å². The number of nitrogens with zero attached hydrogens (tertiary/aromatic N) is 3. The first-order valence-electron chi connectivity index (χ1n) is 15.8. The molecule has 4 heteroatoms. The molecule has 218 valence electrons. The fourth-order valence-corrected chi connectivity index (χ4v) is 7.08. The number of fused-ring (bicyclic) bond motifs is 6. The van der Waals surface area contributed by atoms with Crippen molar-refractivity contribution in [1.82, 2.24) is 15.0 Å². The standard InChI is InChI=1S/C43H25N3O/c1-3-10-28(11-4-1)41-44-42(29-12-5-2-6-13-29)46-43(45-41)30-22-20-26(21-23-30)31-16-9-19-37-40(31)36-24-34-32-17-7-14-27-15-8-18-33(39(27)32)35(34)25-38(36)47-37/h1-25H. The summed E-state index contributed by atoms with van der Waals surface area (Å²) in [6, 6.07) is 52.6. The highest BCUT2D eigenvalue weighted by Gasteiger charge is 2.24. The second-order valence-electron chi connectivity index (χ2n) is 12.0. The smallest absolute Gasteiger partial charge is 0.164 e. The molecule has 0 spiro atoms. The van der Waals surface area contributed by atoms with Gasteiger partial charge < -0.3 is 4.42 Å². The molecule has 1 aliphatic rings. The maximum Gasteiger partial charge on any atom is 0.164 e. The minimum atomic E-state index is 0.639. The van der Waals surface area contributed by atoms with E-state index in [1.54, 1.807) is 0 Å². The highest BCUT2D eigenvalue weighted by atomic mass is 16.3. The fourth-order valence-electron chi connectivity index (χ4n) is 7.08. The molecule has 2 heterocycles. The number of benzene rings is 7. The molecular weight excluding hydrogens is 574 g/mol. The van der Waals surface area contributed by atoms with E-state index in [2.05, 4.69) is 91.0 Å². The molecule has 7 aromatic carbocycles. The van der Waals surface area contributed by atoms with Gasteiger partial charge in [0, 0.05) is 27.5 Å². The summed E-state index contributed by atoms with van der Waals surface area (Å²) in [7, 11) is 0. The Kier molecular flexibility index (Phi) is 5.54. The molecule has 0 fully saturated rings. The predicted octanol–water partition coefficient (Wildman–Crippen LogP) is 11.2. The largest absolute Gasteiger partial charge is 0.456 e. The Hall–Kier alpha value is -6.39. The predicted molar refractivity (Wildman–Crippen MR) is 191 cm³/mol. The molecular formula is C43H25N3O. The van der Waals surface area contributed by atoms with Gasteiger partial charge in [0.2, 0.25) is 0 Å². The monoisotopic (exact) mass is 599 g/mol. The Morgan fingerprint density at radius 1 is 0.340 bits per heavy atom. The minimum Gasteiger partial charge on any atom is -0.456 e. The SMILES string of the molecule is c1ccc(-c2nc(-c3ccccc3)nc(-c3ccc(-c4cccc5oc6cc7c(cc6c45)-c4cccc5cccc-7c45)cc3)n2)cc1. The van der Waals surface area contributed by atoms with Crippen molar-refractivity contribution in [2.45, 2.75) is 0 Å². The molecule has 0 radical (unpaired) electrons. The molecule has 0 unspecified atom stereocenters. The van der Waals surface area contributed by atoms with Gasteiger partial charge in [-0.1, -0.05) is 133 Å². The lowest BCUT2D eigenvalue weighted by Crippen LogP contribution is -2.00. The molecule has 0 saturated carbocycles. The summed E-state index contributed by atoms with van der Waals surface area (Å²) in [5.41, 5.74) is 11.9. The van der Waals surface area contributed by atoms with Gasteiger partial charge in [0.1, 0.15) is 11.2 Å². The topological polar surface area (TPSA) is 51.8 Å². The van der Waals surface area contributed by atoms with Crippen LogP contribution in [-0.4, -0.2) is 15.0 Å². The first kappa shape index (κ1) is 25.9. The first-order valence-corrected chi connectivity index (χ1v) is 15.8. The number of hydrogen-bond acceptors (Lipinski definition) is 4. The second kappa shape index (κ2) is 10.1. The lowest BCUT2D eigenvalue weighted by molar-refractivity contribution is 0.669. The zero-order chi connectivity index (χ0) is 30.9. The second-order valence-corrected chi connectivity index (χ2v) is 12.0. The lowest BCUT2D eigenvalue weighted by Gasteiger charge is -2.09. The summed E-state index contributed by atoms with van der Waals surface area (Å²) >= 11 is 0. The van der Waals surface area contributed by atoms with Crippen molar-refractivity contribution in [2.75, 3.05) is 0 Å². The Balaban J connectivity index is 1.10. The van der Waals surface area contributed by atoms with Crippen molar-refractivity contribution in [3.8, 4) is 67.5 Å². The van der Waals surface area contributed by atoms with E-state index < -0.39 is 0 Å². The Morgan fingerprint density at radius 3 is 1.47 bits per heavy atom. The Labute approximate surface area is 270 Å². The van der Waals surface area contributed by atoms with Crippen LogP contribution < -0.4 is 0 Å². The highest BCUT2D eigenvalue weighted by Crippen LogP contribution is 2.50. The summed E-state index contributed by atoms with van der Waals surface area (Å²) in [6.45, 7) is 0. The molecule has 1 aliphatic carbocycles. The van der Waals surface area contributed by atoms with Crippen LogP contribution in [0, 0.1) is 0 Å². The van der Waals surface area contributed by atoms with E-state index in [0.717, 1.165) is 49.8 Å². The van der Waals surface area contributed by atoms with Crippen LogP contribution in [0.15, 0.2) is 156 Å². The average Bonchev–Trinajstić information content (AvgIpc) is 3.67. The average molecular weight is 600 g/mol. The van der Waals surface area contributed by atoms with Crippen LogP contribution in [-0.2, 0) is 0 Å². The fraction of sp³-hybridized carbons (Fsp3) is 0. The van der Waals surface area contributed by atoms with Gasteiger partial charge in [-0.3, -0.25) is 0 Å². The first-order chi connectivity index (χ1) is 23.3. The zero-order valence-corrected chi connectivity index (χ0v) is 25.2. The summed E-state index contributed by atoms with van der Waals surface area (Å²) in [5.74, 6) is 1.94.